The molecular formula is C11H13BrClNO. The second kappa shape index (κ2) is 5.52. The van der Waals surface area contributed by atoms with Crippen molar-refractivity contribution in [3.63, 3.8) is 0 Å². The summed E-state index contributed by atoms with van der Waals surface area (Å²) in [7, 11) is 1.78. The van der Waals surface area contributed by atoms with E-state index in [0.29, 0.717) is 17.1 Å². The van der Waals surface area contributed by atoms with Crippen LogP contribution in [0.15, 0.2) is 18.2 Å². The molecule has 82 valence electrons. The topological polar surface area (TPSA) is 20.3 Å². The van der Waals surface area contributed by atoms with Crippen molar-refractivity contribution in [1.82, 2.24) is 4.90 Å². The third-order valence-corrected chi connectivity index (χ3v) is 2.63. The molecule has 1 aromatic rings. The molecule has 1 rings (SSSR count). The summed E-state index contributed by atoms with van der Waals surface area (Å²) >= 11 is 9.20. The molecular weight excluding hydrogens is 277 g/mol. The van der Waals surface area contributed by atoms with Crippen molar-refractivity contribution in [2.75, 3.05) is 18.9 Å². The van der Waals surface area contributed by atoms with Gasteiger partial charge in [0.15, 0.2) is 0 Å². The number of hydrogen-bond donors (Lipinski definition) is 0. The zero-order chi connectivity index (χ0) is 11.4. The fourth-order valence-corrected chi connectivity index (χ4v) is 2.13. The molecule has 0 atom stereocenters. The number of aryl methyl sites for hydroxylation is 1. The number of alkyl halides is 1. The summed E-state index contributed by atoms with van der Waals surface area (Å²) in [5, 5.41) is 1.38. The molecule has 0 saturated heterocycles. The Hall–Kier alpha value is -0.540. The second-order valence-electron chi connectivity index (χ2n) is 3.43. The molecule has 15 heavy (non-hydrogen) atoms. The van der Waals surface area contributed by atoms with E-state index in [2.05, 4.69) is 15.9 Å². The Morgan fingerprint density at radius 1 is 1.47 bits per heavy atom. The molecule has 0 aliphatic rings. The molecule has 0 spiro atoms. The van der Waals surface area contributed by atoms with E-state index in [1.165, 1.54) is 0 Å². The number of hydrogen-bond acceptors (Lipinski definition) is 1. The molecule has 0 saturated carbocycles. The van der Waals surface area contributed by atoms with Gasteiger partial charge in [0.1, 0.15) is 0 Å². The van der Waals surface area contributed by atoms with Gasteiger partial charge in [-0.3, -0.25) is 4.79 Å². The van der Waals surface area contributed by atoms with E-state index < -0.39 is 0 Å². The number of carbonyl (C=O) groups is 1. The first-order valence-corrected chi connectivity index (χ1v) is 6.13. The van der Waals surface area contributed by atoms with Gasteiger partial charge in [0.25, 0.3) is 5.91 Å². The van der Waals surface area contributed by atoms with Crippen LogP contribution in [0.25, 0.3) is 0 Å². The van der Waals surface area contributed by atoms with Crippen LogP contribution in [0.5, 0.6) is 0 Å². The number of benzene rings is 1. The first-order valence-electron chi connectivity index (χ1n) is 4.63. The highest BCUT2D eigenvalue weighted by molar-refractivity contribution is 9.09. The van der Waals surface area contributed by atoms with Crippen molar-refractivity contribution in [1.29, 1.82) is 0 Å². The highest BCUT2D eigenvalue weighted by atomic mass is 79.9. The Kier molecular flexibility index (Phi) is 4.61. The summed E-state index contributed by atoms with van der Waals surface area (Å²) < 4.78 is 0. The molecule has 0 unspecified atom stereocenters. The largest absolute Gasteiger partial charge is 0.341 e. The molecule has 1 aromatic carbocycles. The summed E-state index contributed by atoms with van der Waals surface area (Å²) in [6.07, 6.45) is 0. The monoisotopic (exact) mass is 289 g/mol. The van der Waals surface area contributed by atoms with Gasteiger partial charge in [0.05, 0.1) is 0 Å². The van der Waals surface area contributed by atoms with Gasteiger partial charge in [-0.25, -0.2) is 0 Å². The van der Waals surface area contributed by atoms with Crippen LogP contribution in [0.4, 0.5) is 0 Å². The second-order valence-corrected chi connectivity index (χ2v) is 4.66. The van der Waals surface area contributed by atoms with Gasteiger partial charge in [0.2, 0.25) is 0 Å². The van der Waals surface area contributed by atoms with Gasteiger partial charge in [-0.15, -0.1) is 0 Å². The predicted octanol–water partition coefficient (Wildman–Crippen LogP) is 3.12. The highest BCUT2D eigenvalue weighted by Gasteiger charge is 2.11. The average Bonchev–Trinajstić information content (AvgIpc) is 2.15. The van der Waals surface area contributed by atoms with Gasteiger partial charge < -0.3 is 4.90 Å². The van der Waals surface area contributed by atoms with Crippen LogP contribution in [0.3, 0.4) is 0 Å². The SMILES string of the molecule is Cc1cc(Cl)cc(C(=O)N(C)CCBr)c1. The Balaban J connectivity index is 2.90. The quantitative estimate of drug-likeness (QED) is 0.783. The van der Waals surface area contributed by atoms with Crippen molar-refractivity contribution in [3.05, 3.63) is 34.3 Å². The smallest absolute Gasteiger partial charge is 0.253 e. The van der Waals surface area contributed by atoms with Crippen LogP contribution in [-0.4, -0.2) is 29.7 Å². The average molecular weight is 291 g/mol. The minimum Gasteiger partial charge on any atom is -0.341 e. The molecule has 0 bridgehead atoms. The molecule has 0 aliphatic carbocycles. The van der Waals surface area contributed by atoms with E-state index in [9.17, 15) is 4.79 Å². The fourth-order valence-electron chi connectivity index (χ4n) is 1.31. The lowest BCUT2D eigenvalue weighted by Gasteiger charge is -2.16. The number of carbonyl (C=O) groups excluding carboxylic acids is 1. The first kappa shape index (κ1) is 12.5. The highest BCUT2D eigenvalue weighted by Crippen LogP contribution is 2.15. The summed E-state index contributed by atoms with van der Waals surface area (Å²) in [4.78, 5) is 13.6. The Labute approximate surface area is 103 Å². The lowest BCUT2D eigenvalue weighted by molar-refractivity contribution is 0.0804. The lowest BCUT2D eigenvalue weighted by atomic mass is 10.1. The molecule has 0 aliphatic heterocycles. The van der Waals surface area contributed by atoms with Crippen LogP contribution in [0.1, 0.15) is 15.9 Å². The van der Waals surface area contributed by atoms with Crippen LogP contribution in [-0.2, 0) is 0 Å². The fraction of sp³-hybridized carbons (Fsp3) is 0.364. The summed E-state index contributed by atoms with van der Waals surface area (Å²) in [6.45, 7) is 2.61. The number of rotatable bonds is 3. The molecule has 1 amide bonds. The molecule has 0 fully saturated rings. The van der Waals surface area contributed by atoms with Gasteiger partial charge in [-0.1, -0.05) is 27.5 Å². The maximum Gasteiger partial charge on any atom is 0.253 e. The van der Waals surface area contributed by atoms with Gasteiger partial charge in [-0.05, 0) is 30.7 Å². The van der Waals surface area contributed by atoms with E-state index >= 15 is 0 Å². The molecule has 0 N–H and O–H groups in total. The maximum absolute atomic E-state index is 11.9. The Morgan fingerprint density at radius 3 is 2.67 bits per heavy atom. The molecule has 0 heterocycles. The van der Waals surface area contributed by atoms with Gasteiger partial charge in [-0.2, -0.15) is 0 Å². The van der Waals surface area contributed by atoms with Crippen molar-refractivity contribution in [2.45, 2.75) is 6.92 Å². The lowest BCUT2D eigenvalue weighted by Crippen LogP contribution is -2.28. The maximum atomic E-state index is 11.9. The van der Waals surface area contributed by atoms with Crippen LogP contribution in [0, 0.1) is 6.92 Å². The Morgan fingerprint density at radius 2 is 2.13 bits per heavy atom. The van der Waals surface area contributed by atoms with Gasteiger partial charge in [0, 0.05) is 29.5 Å². The normalized spacial score (nSPS) is 10.1. The predicted molar refractivity (Wildman–Crippen MR) is 66.9 cm³/mol. The standard InChI is InChI=1S/C11H13BrClNO/c1-8-5-9(7-10(13)6-8)11(15)14(2)4-3-12/h5-7H,3-4H2,1-2H3. The Bertz CT molecular complexity index is 347. The van der Waals surface area contributed by atoms with Gasteiger partial charge >= 0.3 is 0 Å². The third kappa shape index (κ3) is 3.50. The minimum absolute atomic E-state index is 0.0000463. The van der Waals surface area contributed by atoms with Crippen molar-refractivity contribution < 1.29 is 4.79 Å². The number of amides is 1. The zero-order valence-corrected chi connectivity index (χ0v) is 11.1. The van der Waals surface area contributed by atoms with Crippen LogP contribution in [0.2, 0.25) is 5.02 Å². The van der Waals surface area contributed by atoms with E-state index in [4.69, 9.17) is 11.6 Å². The first-order chi connectivity index (χ1) is 7.04. The minimum atomic E-state index is 0.0000463. The molecule has 0 radical (unpaired) electrons. The van der Waals surface area contributed by atoms with Crippen LogP contribution >= 0.6 is 27.5 Å². The molecule has 2 nitrogen and oxygen atoms in total. The molecule has 4 heteroatoms. The number of halogens is 2. The summed E-state index contributed by atoms with van der Waals surface area (Å²) in [6, 6.07) is 5.38. The van der Waals surface area contributed by atoms with E-state index in [1.807, 2.05) is 19.1 Å². The van der Waals surface area contributed by atoms with E-state index in [-0.39, 0.29) is 5.91 Å². The summed E-state index contributed by atoms with van der Waals surface area (Å²) in [5.74, 6) is 0.0000463. The number of nitrogens with zero attached hydrogens (tertiary/aromatic N) is 1. The van der Waals surface area contributed by atoms with Crippen molar-refractivity contribution in [3.8, 4) is 0 Å². The van der Waals surface area contributed by atoms with Crippen molar-refractivity contribution >= 4 is 33.4 Å². The van der Waals surface area contributed by atoms with E-state index in [0.717, 1.165) is 10.9 Å². The summed E-state index contributed by atoms with van der Waals surface area (Å²) in [5.41, 5.74) is 1.64. The van der Waals surface area contributed by atoms with Crippen LogP contribution < -0.4 is 0 Å². The molecule has 0 aromatic heterocycles. The van der Waals surface area contributed by atoms with E-state index in [1.54, 1.807) is 18.0 Å². The zero-order valence-electron chi connectivity index (χ0n) is 8.76. The third-order valence-electron chi connectivity index (χ3n) is 2.06. The van der Waals surface area contributed by atoms with Crippen molar-refractivity contribution in [2.24, 2.45) is 0 Å².